The molecule has 0 aliphatic heterocycles. The second kappa shape index (κ2) is 9.41. The highest BCUT2D eigenvalue weighted by atomic mass is 28.4. The summed E-state index contributed by atoms with van der Waals surface area (Å²) in [6.45, 7) is 3.83. The Balaban J connectivity index is 2.45. The average Bonchev–Trinajstić information content (AvgIpc) is 2.47. The number of halogens is 3. The fourth-order valence-electron chi connectivity index (χ4n) is 2.43. The van der Waals surface area contributed by atoms with Crippen molar-refractivity contribution in [1.29, 1.82) is 0 Å². The number of hydrogen-bond donors (Lipinski definition) is 0. The number of benzene rings is 1. The van der Waals surface area contributed by atoms with Crippen LogP contribution in [0.4, 0.5) is 13.2 Å². The number of rotatable bonds is 10. The Morgan fingerprint density at radius 1 is 0.957 bits per heavy atom. The fourth-order valence-corrected chi connectivity index (χ4v) is 4.72. The lowest BCUT2D eigenvalue weighted by atomic mass is 10.1. The molecule has 0 saturated carbocycles. The van der Waals surface area contributed by atoms with Gasteiger partial charge >= 0.3 is 8.80 Å². The maximum absolute atomic E-state index is 13.5. The monoisotopic (exact) mass is 350 g/mol. The van der Waals surface area contributed by atoms with E-state index < -0.39 is 26.3 Å². The van der Waals surface area contributed by atoms with Crippen LogP contribution in [-0.2, 0) is 19.7 Å². The molecule has 0 N–H and O–H groups in total. The summed E-state index contributed by atoms with van der Waals surface area (Å²) in [5, 5.41) is 0. The molecule has 0 radical (unpaired) electrons. The molecule has 23 heavy (non-hydrogen) atoms. The van der Waals surface area contributed by atoms with Crippen molar-refractivity contribution < 1.29 is 26.4 Å². The lowest BCUT2D eigenvalue weighted by Gasteiger charge is -2.28. The zero-order chi connectivity index (χ0) is 17.5. The molecule has 0 aromatic heterocycles. The molecule has 3 nitrogen and oxygen atoms in total. The molecule has 0 spiro atoms. The summed E-state index contributed by atoms with van der Waals surface area (Å²) >= 11 is 0. The van der Waals surface area contributed by atoms with Crippen LogP contribution in [-0.4, -0.2) is 29.1 Å². The average molecular weight is 350 g/mol. The molecule has 1 aromatic rings. The first-order chi connectivity index (χ1) is 10.8. The van der Waals surface area contributed by atoms with E-state index in [9.17, 15) is 13.2 Å². The third-order valence-electron chi connectivity index (χ3n) is 3.55. The van der Waals surface area contributed by atoms with Gasteiger partial charge in [-0.25, -0.2) is 13.2 Å². The molecule has 0 bridgehead atoms. The SMILES string of the molecule is CO[Si](CCCCCc1c(F)cc(F)cc1F)(OC)OC(C)C. The molecule has 0 aliphatic rings. The van der Waals surface area contributed by atoms with Crippen molar-refractivity contribution in [2.45, 2.75) is 51.7 Å². The van der Waals surface area contributed by atoms with E-state index in [-0.39, 0.29) is 18.1 Å². The van der Waals surface area contributed by atoms with E-state index in [4.69, 9.17) is 13.3 Å². The predicted octanol–water partition coefficient (Wildman–Crippen LogP) is 4.47. The van der Waals surface area contributed by atoms with E-state index >= 15 is 0 Å². The van der Waals surface area contributed by atoms with Crippen LogP contribution in [0.3, 0.4) is 0 Å². The molecular formula is C16H25F3O3Si. The second-order valence-corrected chi connectivity index (χ2v) is 8.58. The molecule has 0 aliphatic carbocycles. The van der Waals surface area contributed by atoms with Crippen LogP contribution >= 0.6 is 0 Å². The summed E-state index contributed by atoms with van der Waals surface area (Å²) < 4.78 is 56.6. The molecule has 132 valence electrons. The van der Waals surface area contributed by atoms with Crippen molar-refractivity contribution in [3.05, 3.63) is 35.1 Å². The van der Waals surface area contributed by atoms with Crippen LogP contribution in [0.15, 0.2) is 12.1 Å². The molecule has 0 amide bonds. The zero-order valence-electron chi connectivity index (χ0n) is 14.1. The minimum atomic E-state index is -2.66. The van der Waals surface area contributed by atoms with Gasteiger partial charge in [-0.2, -0.15) is 0 Å². The third-order valence-corrected chi connectivity index (χ3v) is 6.59. The Morgan fingerprint density at radius 3 is 2.00 bits per heavy atom. The summed E-state index contributed by atoms with van der Waals surface area (Å²) in [4.78, 5) is 0. The number of unbranched alkanes of at least 4 members (excludes halogenated alkanes) is 2. The van der Waals surface area contributed by atoms with E-state index in [1.807, 2.05) is 13.8 Å². The second-order valence-electron chi connectivity index (χ2n) is 5.67. The smallest absolute Gasteiger partial charge is 0.377 e. The van der Waals surface area contributed by atoms with E-state index in [0.29, 0.717) is 24.6 Å². The summed E-state index contributed by atoms with van der Waals surface area (Å²) in [5.74, 6) is -2.56. The van der Waals surface area contributed by atoms with Gasteiger partial charge in [-0.15, -0.1) is 0 Å². The highest BCUT2D eigenvalue weighted by molar-refractivity contribution is 6.60. The Labute approximate surface area is 137 Å². The summed E-state index contributed by atoms with van der Waals surface area (Å²) in [5.41, 5.74) is -0.0631. The van der Waals surface area contributed by atoms with Gasteiger partial charge in [0.25, 0.3) is 0 Å². The van der Waals surface area contributed by atoms with E-state index in [1.165, 1.54) is 0 Å². The van der Waals surface area contributed by atoms with Crippen molar-refractivity contribution in [1.82, 2.24) is 0 Å². The summed E-state index contributed by atoms with van der Waals surface area (Å²) in [6.07, 6.45) is 2.35. The largest absolute Gasteiger partial charge is 0.500 e. The molecule has 1 aromatic carbocycles. The molecule has 0 heterocycles. The van der Waals surface area contributed by atoms with Gasteiger partial charge in [0.2, 0.25) is 0 Å². The molecule has 1 rings (SSSR count). The quantitative estimate of drug-likeness (QED) is 0.460. The topological polar surface area (TPSA) is 27.7 Å². The van der Waals surface area contributed by atoms with Crippen LogP contribution in [0.25, 0.3) is 0 Å². The van der Waals surface area contributed by atoms with Gasteiger partial charge in [0.05, 0.1) is 0 Å². The zero-order valence-corrected chi connectivity index (χ0v) is 15.1. The van der Waals surface area contributed by atoms with Crippen LogP contribution in [0.1, 0.15) is 38.7 Å². The maximum atomic E-state index is 13.5. The first kappa shape index (κ1) is 20.2. The fraction of sp³-hybridized carbons (Fsp3) is 0.625. The highest BCUT2D eigenvalue weighted by Gasteiger charge is 2.39. The van der Waals surface area contributed by atoms with Crippen molar-refractivity contribution >= 4 is 8.80 Å². The van der Waals surface area contributed by atoms with Crippen molar-refractivity contribution in [2.75, 3.05) is 14.2 Å². The Morgan fingerprint density at radius 2 is 1.52 bits per heavy atom. The van der Waals surface area contributed by atoms with E-state index in [1.54, 1.807) is 14.2 Å². The van der Waals surface area contributed by atoms with Crippen molar-refractivity contribution in [3.8, 4) is 0 Å². The van der Waals surface area contributed by atoms with E-state index in [0.717, 1.165) is 12.8 Å². The van der Waals surface area contributed by atoms with Crippen LogP contribution in [0, 0.1) is 17.5 Å². The van der Waals surface area contributed by atoms with Gasteiger partial charge in [-0.1, -0.05) is 6.42 Å². The molecular weight excluding hydrogens is 325 g/mol. The maximum Gasteiger partial charge on any atom is 0.500 e. The molecule has 0 atom stereocenters. The van der Waals surface area contributed by atoms with E-state index in [2.05, 4.69) is 0 Å². The van der Waals surface area contributed by atoms with Crippen molar-refractivity contribution in [2.24, 2.45) is 0 Å². The van der Waals surface area contributed by atoms with Crippen LogP contribution < -0.4 is 0 Å². The lowest BCUT2D eigenvalue weighted by Crippen LogP contribution is -2.45. The minimum Gasteiger partial charge on any atom is -0.377 e. The Hall–Kier alpha value is -0.893. The number of hydrogen-bond acceptors (Lipinski definition) is 3. The van der Waals surface area contributed by atoms with Crippen LogP contribution in [0.2, 0.25) is 6.04 Å². The third kappa shape index (κ3) is 6.25. The predicted molar refractivity (Wildman–Crippen MR) is 84.7 cm³/mol. The lowest BCUT2D eigenvalue weighted by molar-refractivity contribution is 0.0693. The van der Waals surface area contributed by atoms with Gasteiger partial charge in [0.15, 0.2) is 0 Å². The van der Waals surface area contributed by atoms with Crippen molar-refractivity contribution in [3.63, 3.8) is 0 Å². The molecule has 0 unspecified atom stereocenters. The van der Waals surface area contributed by atoms with Crippen LogP contribution in [0.5, 0.6) is 0 Å². The first-order valence-corrected chi connectivity index (χ1v) is 9.68. The standard InChI is InChI=1S/C16H25F3O3Si/c1-12(2)22-23(20-3,21-4)9-7-5-6-8-14-15(18)10-13(17)11-16(14)19/h10-12H,5-9H2,1-4H3. The van der Waals surface area contributed by atoms with Gasteiger partial charge in [0.1, 0.15) is 17.5 Å². The summed E-state index contributed by atoms with van der Waals surface area (Å²) in [7, 11) is 0.479. The molecule has 7 heteroatoms. The highest BCUT2D eigenvalue weighted by Crippen LogP contribution is 2.22. The first-order valence-electron chi connectivity index (χ1n) is 7.75. The normalized spacial score (nSPS) is 12.2. The van der Waals surface area contributed by atoms with Gasteiger partial charge < -0.3 is 13.3 Å². The van der Waals surface area contributed by atoms with Gasteiger partial charge in [-0.3, -0.25) is 0 Å². The summed E-state index contributed by atoms with van der Waals surface area (Å²) in [6, 6.07) is 2.07. The molecule has 0 fully saturated rings. The Kier molecular flexibility index (Phi) is 8.25. The minimum absolute atomic E-state index is 0.00368. The Bertz CT molecular complexity index is 470. The molecule has 0 saturated heterocycles. The van der Waals surface area contributed by atoms with Gasteiger partial charge in [0, 0.05) is 44.1 Å². The van der Waals surface area contributed by atoms with Gasteiger partial charge in [-0.05, 0) is 33.1 Å².